The van der Waals surface area contributed by atoms with Crippen LogP contribution in [0.1, 0.15) is 129 Å². The van der Waals surface area contributed by atoms with Gasteiger partial charge in [0.05, 0.1) is 16.2 Å². The Morgan fingerprint density at radius 1 is 0.643 bits per heavy atom. The molecule has 0 bridgehead atoms. The van der Waals surface area contributed by atoms with Crippen LogP contribution in [0.25, 0.3) is 0 Å². The van der Waals surface area contributed by atoms with Gasteiger partial charge in [-0.25, -0.2) is 8.42 Å². The van der Waals surface area contributed by atoms with Gasteiger partial charge in [0.25, 0.3) is 0 Å². The summed E-state index contributed by atoms with van der Waals surface area (Å²) in [5.74, 6) is 0. The molecule has 0 rings (SSSR count). The van der Waals surface area contributed by atoms with Crippen LogP contribution in [0.2, 0.25) is 0 Å². The van der Waals surface area contributed by atoms with E-state index in [-0.39, 0.29) is 57.5 Å². The van der Waals surface area contributed by atoms with Crippen molar-refractivity contribution in [1.82, 2.24) is 0 Å². The minimum atomic E-state index is -4.20. The van der Waals surface area contributed by atoms with Crippen LogP contribution in [0.15, 0.2) is 0 Å². The second-order valence-corrected chi connectivity index (χ2v) is 9.82. The number of rotatable bonds is 20. The van der Waals surface area contributed by atoms with Gasteiger partial charge in [-0.1, -0.05) is 104 Å². The summed E-state index contributed by atoms with van der Waals surface area (Å²) in [6, 6.07) is 0. The van der Waals surface area contributed by atoms with Crippen LogP contribution in [0.4, 0.5) is 0 Å². The van der Waals surface area contributed by atoms with Gasteiger partial charge in [0.1, 0.15) is 0 Å². The predicted molar refractivity (Wildman–Crippen MR) is 114 cm³/mol. The van der Waals surface area contributed by atoms with Gasteiger partial charge in [-0.05, 0) is 25.7 Å². The summed E-state index contributed by atoms with van der Waals surface area (Å²) in [7, 11) is -4.20. The zero-order chi connectivity index (χ0) is 20.4. The Morgan fingerprint density at radius 3 is 1.39 bits per heavy atom. The molecule has 4 nitrogen and oxygen atoms in total. The molecule has 1 N–H and O–H groups in total. The van der Waals surface area contributed by atoms with Crippen molar-refractivity contribution in [2.24, 2.45) is 0 Å². The molecule has 2 atom stereocenters. The van der Waals surface area contributed by atoms with Crippen LogP contribution >= 0.6 is 0 Å². The molecule has 0 aliphatic rings. The Morgan fingerprint density at radius 2 is 0.964 bits per heavy atom. The Labute approximate surface area is 218 Å². The Balaban J connectivity index is 0. The molecule has 0 heterocycles. The van der Waals surface area contributed by atoms with Crippen molar-refractivity contribution in [3.05, 3.63) is 0 Å². The second kappa shape index (κ2) is 21.7. The molecule has 0 saturated carbocycles. The number of unbranched alkanes of at least 4 members (excludes halogenated alkanes) is 11. The zero-order valence-electron chi connectivity index (χ0n) is 19.0. The monoisotopic (exact) mass is 444 g/mol. The van der Waals surface area contributed by atoms with Crippen LogP contribution in [0, 0.1) is 0 Å². The van der Waals surface area contributed by atoms with Crippen molar-refractivity contribution in [3.8, 4) is 0 Å². The number of aliphatic hydroxyl groups is 1. The first kappa shape index (κ1) is 31.7. The standard InChI is InChI=1S/C22H46O4S.K/c1-3-5-7-9-10-12-14-19-22(27(24,25)26)20-16-15-18-21(23)17-13-11-8-6-4-2;/h21-23H,3-20H2,1-2H3,(H,24,25,26);/q;+1/p-1. The smallest absolute Gasteiger partial charge is 0.748 e. The molecule has 0 aromatic rings. The van der Waals surface area contributed by atoms with Crippen LogP contribution in [0.3, 0.4) is 0 Å². The summed E-state index contributed by atoms with van der Waals surface area (Å²) in [5.41, 5.74) is 0. The zero-order valence-corrected chi connectivity index (χ0v) is 22.9. The second-order valence-electron chi connectivity index (χ2n) is 8.17. The fourth-order valence-corrected chi connectivity index (χ4v) is 4.55. The van der Waals surface area contributed by atoms with Crippen molar-refractivity contribution < 1.29 is 69.5 Å². The van der Waals surface area contributed by atoms with Crippen LogP contribution in [-0.2, 0) is 10.1 Å². The average molecular weight is 445 g/mol. The first-order valence-electron chi connectivity index (χ1n) is 11.5. The van der Waals surface area contributed by atoms with Crippen LogP contribution in [0.5, 0.6) is 0 Å². The summed E-state index contributed by atoms with van der Waals surface area (Å²) in [5, 5.41) is 9.28. The van der Waals surface area contributed by atoms with E-state index < -0.39 is 15.4 Å². The molecule has 0 radical (unpaired) electrons. The van der Waals surface area contributed by atoms with Crippen molar-refractivity contribution in [2.45, 2.75) is 141 Å². The van der Waals surface area contributed by atoms with Gasteiger partial charge in [0.2, 0.25) is 0 Å². The fraction of sp³-hybridized carbons (Fsp3) is 1.00. The molecule has 0 amide bonds. The van der Waals surface area contributed by atoms with Gasteiger partial charge in [-0.2, -0.15) is 0 Å². The summed E-state index contributed by atoms with van der Waals surface area (Å²) in [4.78, 5) is 0. The molecule has 28 heavy (non-hydrogen) atoms. The molecule has 0 saturated heterocycles. The van der Waals surface area contributed by atoms with E-state index in [2.05, 4.69) is 13.8 Å². The van der Waals surface area contributed by atoms with E-state index in [1.165, 1.54) is 51.4 Å². The molecular weight excluding hydrogens is 399 g/mol. The van der Waals surface area contributed by atoms with Gasteiger partial charge >= 0.3 is 51.4 Å². The Kier molecular flexibility index (Phi) is 24.6. The van der Waals surface area contributed by atoms with E-state index in [1.54, 1.807) is 0 Å². The number of hydrogen-bond donors (Lipinski definition) is 1. The maximum atomic E-state index is 11.5. The third-order valence-electron chi connectivity index (χ3n) is 5.49. The topological polar surface area (TPSA) is 77.4 Å². The molecule has 6 heteroatoms. The Hall–Kier alpha value is 1.51. The number of hydrogen-bond acceptors (Lipinski definition) is 4. The van der Waals surface area contributed by atoms with Crippen molar-refractivity contribution in [3.63, 3.8) is 0 Å². The van der Waals surface area contributed by atoms with Crippen LogP contribution < -0.4 is 51.4 Å². The maximum absolute atomic E-state index is 11.5. The first-order chi connectivity index (χ1) is 12.9. The minimum Gasteiger partial charge on any atom is -0.748 e. The molecular formula is C22H45KO4S. The quantitative estimate of drug-likeness (QED) is 0.177. The molecule has 0 fully saturated rings. The molecule has 0 spiro atoms. The number of aliphatic hydroxyl groups excluding tert-OH is 1. The van der Waals surface area contributed by atoms with E-state index in [9.17, 15) is 18.1 Å². The van der Waals surface area contributed by atoms with E-state index >= 15 is 0 Å². The Bertz CT molecular complexity index is 415. The van der Waals surface area contributed by atoms with Crippen LogP contribution in [-0.4, -0.2) is 29.4 Å². The van der Waals surface area contributed by atoms with E-state index in [1.807, 2.05) is 0 Å². The molecule has 0 aromatic heterocycles. The third-order valence-corrected chi connectivity index (χ3v) is 6.78. The van der Waals surface area contributed by atoms with Gasteiger partial charge in [-0.15, -0.1) is 0 Å². The van der Waals surface area contributed by atoms with Gasteiger partial charge in [0, 0.05) is 5.25 Å². The summed E-state index contributed by atoms with van der Waals surface area (Å²) in [6.45, 7) is 4.38. The van der Waals surface area contributed by atoms with E-state index in [0.29, 0.717) is 12.8 Å². The predicted octanol–water partition coefficient (Wildman–Crippen LogP) is 3.33. The van der Waals surface area contributed by atoms with E-state index in [0.717, 1.165) is 51.4 Å². The summed E-state index contributed by atoms with van der Waals surface area (Å²) >= 11 is 0. The molecule has 0 aliphatic carbocycles. The first-order valence-corrected chi connectivity index (χ1v) is 13.0. The van der Waals surface area contributed by atoms with Gasteiger partial charge in [-0.3, -0.25) is 0 Å². The van der Waals surface area contributed by atoms with Gasteiger partial charge in [0.15, 0.2) is 0 Å². The summed E-state index contributed by atoms with van der Waals surface area (Å²) in [6.07, 6.45) is 17.7. The molecule has 164 valence electrons. The third kappa shape index (κ3) is 20.8. The molecule has 2 unspecified atom stereocenters. The SMILES string of the molecule is CCCCCCCCCC(CCCCC(O)CCCCCCC)S(=O)(=O)[O-].[K+]. The van der Waals surface area contributed by atoms with Crippen molar-refractivity contribution in [2.75, 3.05) is 0 Å². The van der Waals surface area contributed by atoms with Crippen molar-refractivity contribution >= 4 is 10.1 Å². The van der Waals surface area contributed by atoms with Gasteiger partial charge < -0.3 is 9.66 Å². The maximum Gasteiger partial charge on any atom is 1.00 e. The largest absolute Gasteiger partial charge is 1.00 e. The fourth-order valence-electron chi connectivity index (χ4n) is 3.64. The molecule has 0 aromatic carbocycles. The molecule has 0 aliphatic heterocycles. The van der Waals surface area contributed by atoms with E-state index in [4.69, 9.17) is 0 Å². The minimum absolute atomic E-state index is 0. The van der Waals surface area contributed by atoms with Crippen molar-refractivity contribution in [1.29, 1.82) is 0 Å². The summed E-state index contributed by atoms with van der Waals surface area (Å²) < 4.78 is 34.5. The normalized spacial score (nSPS) is 13.9. The average Bonchev–Trinajstić information content (AvgIpc) is 2.61.